The van der Waals surface area contributed by atoms with Gasteiger partial charge in [-0.1, -0.05) is 36.8 Å². The second-order valence-electron chi connectivity index (χ2n) is 4.89. The van der Waals surface area contributed by atoms with Crippen LogP contribution < -0.4 is 0 Å². The van der Waals surface area contributed by atoms with Crippen LogP contribution in [-0.4, -0.2) is 30.1 Å². The van der Waals surface area contributed by atoms with Gasteiger partial charge in [-0.05, 0) is 19.5 Å². The Bertz CT molecular complexity index is 346. The Morgan fingerprint density at radius 1 is 1.33 bits per heavy atom. The molecule has 82 valence electrons. The molecule has 0 amide bonds. The number of likely N-dealkylation sites (tertiary alicyclic amines) is 1. The molecule has 2 unspecified atom stereocenters. The van der Waals surface area contributed by atoms with Crippen LogP contribution in [0.15, 0.2) is 24.3 Å². The Labute approximate surface area is 91.5 Å². The highest BCUT2D eigenvalue weighted by Gasteiger charge is 2.42. The smallest absolute Gasteiger partial charge is 0.106 e. The van der Waals surface area contributed by atoms with Gasteiger partial charge in [0, 0.05) is 19.0 Å². The lowest BCUT2D eigenvalue weighted by atomic mass is 9.85. The summed E-state index contributed by atoms with van der Waals surface area (Å²) < 4.78 is 0. The topological polar surface area (TPSA) is 23.5 Å². The first-order valence-corrected chi connectivity index (χ1v) is 5.50. The highest BCUT2D eigenvalue weighted by molar-refractivity contribution is 5.28. The Kier molecular flexibility index (Phi) is 2.57. The van der Waals surface area contributed by atoms with E-state index in [1.165, 1.54) is 5.56 Å². The van der Waals surface area contributed by atoms with E-state index in [4.69, 9.17) is 0 Å². The highest BCUT2D eigenvalue weighted by Crippen LogP contribution is 2.35. The van der Waals surface area contributed by atoms with Gasteiger partial charge in [0.15, 0.2) is 0 Å². The van der Waals surface area contributed by atoms with Crippen molar-refractivity contribution >= 4 is 0 Å². The van der Waals surface area contributed by atoms with Crippen LogP contribution in [0.4, 0.5) is 0 Å². The van der Waals surface area contributed by atoms with E-state index in [0.717, 1.165) is 18.7 Å². The van der Waals surface area contributed by atoms with Crippen LogP contribution in [0, 0.1) is 12.8 Å². The van der Waals surface area contributed by atoms with E-state index in [2.05, 4.69) is 37.9 Å². The number of rotatable bonds is 1. The second kappa shape index (κ2) is 3.62. The van der Waals surface area contributed by atoms with Gasteiger partial charge in [0.2, 0.25) is 0 Å². The first-order chi connectivity index (χ1) is 7.02. The Balaban J connectivity index is 2.33. The lowest BCUT2D eigenvalue weighted by Gasteiger charge is -2.27. The predicted molar refractivity (Wildman–Crippen MR) is 61.7 cm³/mol. The molecule has 2 nitrogen and oxygen atoms in total. The van der Waals surface area contributed by atoms with E-state index in [1.54, 1.807) is 0 Å². The quantitative estimate of drug-likeness (QED) is 0.755. The molecule has 1 aromatic rings. The fourth-order valence-corrected chi connectivity index (χ4v) is 2.47. The maximum Gasteiger partial charge on any atom is 0.106 e. The Hall–Kier alpha value is -0.860. The van der Waals surface area contributed by atoms with E-state index >= 15 is 0 Å². The molecule has 2 rings (SSSR count). The van der Waals surface area contributed by atoms with E-state index in [1.807, 2.05) is 12.1 Å². The van der Waals surface area contributed by atoms with Crippen LogP contribution in [-0.2, 0) is 5.60 Å². The third-order valence-electron chi connectivity index (χ3n) is 3.46. The Morgan fingerprint density at radius 3 is 2.40 bits per heavy atom. The van der Waals surface area contributed by atoms with Crippen LogP contribution in [0.2, 0.25) is 0 Å². The molecule has 1 fully saturated rings. The van der Waals surface area contributed by atoms with Gasteiger partial charge in [0.05, 0.1) is 0 Å². The van der Waals surface area contributed by atoms with Crippen molar-refractivity contribution in [1.29, 1.82) is 0 Å². The van der Waals surface area contributed by atoms with Gasteiger partial charge in [0.25, 0.3) is 0 Å². The van der Waals surface area contributed by atoms with Crippen LogP contribution in [0.5, 0.6) is 0 Å². The fourth-order valence-electron chi connectivity index (χ4n) is 2.47. The second-order valence-corrected chi connectivity index (χ2v) is 4.89. The number of aryl methyl sites for hydroxylation is 1. The molecule has 1 heterocycles. The molecule has 2 atom stereocenters. The lowest BCUT2D eigenvalue weighted by molar-refractivity contribution is 0.0146. The summed E-state index contributed by atoms with van der Waals surface area (Å²) in [6.45, 7) is 5.88. The number of benzene rings is 1. The number of hydrogen-bond donors (Lipinski definition) is 1. The third-order valence-corrected chi connectivity index (χ3v) is 3.46. The van der Waals surface area contributed by atoms with E-state index < -0.39 is 5.60 Å². The minimum atomic E-state index is -0.664. The predicted octanol–water partition coefficient (Wildman–Crippen LogP) is 1.76. The molecule has 0 spiro atoms. The zero-order chi connectivity index (χ0) is 11.1. The van der Waals surface area contributed by atoms with Crippen LogP contribution >= 0.6 is 0 Å². The van der Waals surface area contributed by atoms with Crippen LogP contribution in [0.3, 0.4) is 0 Å². The largest absolute Gasteiger partial charge is 0.383 e. The minimum absolute atomic E-state index is 0.296. The van der Waals surface area contributed by atoms with Crippen molar-refractivity contribution in [2.75, 3.05) is 20.1 Å². The van der Waals surface area contributed by atoms with Crippen molar-refractivity contribution in [3.8, 4) is 0 Å². The SMILES string of the molecule is Cc1ccc(C2(O)CN(C)CC2C)cc1. The number of aliphatic hydroxyl groups is 1. The van der Waals surface area contributed by atoms with Gasteiger partial charge in [-0.15, -0.1) is 0 Å². The van der Waals surface area contributed by atoms with E-state index in [-0.39, 0.29) is 0 Å². The zero-order valence-electron chi connectivity index (χ0n) is 9.70. The molecular weight excluding hydrogens is 186 g/mol. The average Bonchev–Trinajstić information content (AvgIpc) is 2.42. The first-order valence-electron chi connectivity index (χ1n) is 5.50. The molecule has 0 aromatic heterocycles. The van der Waals surface area contributed by atoms with Crippen LogP contribution in [0.25, 0.3) is 0 Å². The molecule has 1 N–H and O–H groups in total. The van der Waals surface area contributed by atoms with Gasteiger partial charge < -0.3 is 10.0 Å². The monoisotopic (exact) mass is 205 g/mol. The summed E-state index contributed by atoms with van der Waals surface area (Å²) in [6, 6.07) is 8.23. The van der Waals surface area contributed by atoms with Gasteiger partial charge in [-0.3, -0.25) is 0 Å². The number of likely N-dealkylation sites (N-methyl/N-ethyl adjacent to an activating group) is 1. The summed E-state index contributed by atoms with van der Waals surface area (Å²) in [5, 5.41) is 10.7. The summed E-state index contributed by atoms with van der Waals surface area (Å²) in [7, 11) is 2.06. The number of nitrogens with zero attached hydrogens (tertiary/aromatic N) is 1. The van der Waals surface area contributed by atoms with Crippen LogP contribution in [0.1, 0.15) is 18.1 Å². The Morgan fingerprint density at radius 2 is 1.93 bits per heavy atom. The molecule has 2 heteroatoms. The normalized spacial score (nSPS) is 32.1. The molecule has 1 aromatic carbocycles. The number of β-amino-alcohol motifs (C(OH)–C–C–N with tert-alkyl or cyclic N) is 1. The highest BCUT2D eigenvalue weighted by atomic mass is 16.3. The summed E-state index contributed by atoms with van der Waals surface area (Å²) in [6.07, 6.45) is 0. The molecule has 0 radical (unpaired) electrons. The van der Waals surface area contributed by atoms with Gasteiger partial charge in [-0.2, -0.15) is 0 Å². The molecule has 1 aliphatic heterocycles. The van der Waals surface area contributed by atoms with Gasteiger partial charge >= 0.3 is 0 Å². The zero-order valence-corrected chi connectivity index (χ0v) is 9.70. The average molecular weight is 205 g/mol. The molecular formula is C13H19NO. The lowest BCUT2D eigenvalue weighted by Crippen LogP contribution is -2.33. The summed E-state index contributed by atoms with van der Waals surface area (Å²) >= 11 is 0. The summed E-state index contributed by atoms with van der Waals surface area (Å²) in [5.74, 6) is 0.296. The fraction of sp³-hybridized carbons (Fsp3) is 0.538. The van der Waals surface area contributed by atoms with Crippen molar-refractivity contribution in [3.63, 3.8) is 0 Å². The first kappa shape index (κ1) is 10.7. The molecule has 15 heavy (non-hydrogen) atoms. The van der Waals surface area contributed by atoms with Gasteiger partial charge in [0.1, 0.15) is 5.60 Å². The maximum atomic E-state index is 10.7. The van der Waals surface area contributed by atoms with Crippen molar-refractivity contribution in [2.24, 2.45) is 5.92 Å². The van der Waals surface area contributed by atoms with Crippen molar-refractivity contribution in [2.45, 2.75) is 19.4 Å². The van der Waals surface area contributed by atoms with Crippen molar-refractivity contribution in [1.82, 2.24) is 4.90 Å². The van der Waals surface area contributed by atoms with E-state index in [9.17, 15) is 5.11 Å². The molecule has 0 aliphatic carbocycles. The third kappa shape index (κ3) is 1.80. The van der Waals surface area contributed by atoms with E-state index in [0.29, 0.717) is 5.92 Å². The molecule has 1 aliphatic rings. The summed E-state index contributed by atoms with van der Waals surface area (Å²) in [4.78, 5) is 2.19. The number of hydrogen-bond acceptors (Lipinski definition) is 2. The minimum Gasteiger partial charge on any atom is -0.383 e. The summed E-state index contributed by atoms with van der Waals surface area (Å²) in [5.41, 5.74) is 1.62. The van der Waals surface area contributed by atoms with Crippen molar-refractivity contribution < 1.29 is 5.11 Å². The molecule has 1 saturated heterocycles. The molecule has 0 bridgehead atoms. The standard InChI is InChI=1S/C13H19NO/c1-10-4-6-12(7-5-10)13(15)9-14(3)8-11(13)2/h4-7,11,15H,8-9H2,1-3H3. The van der Waals surface area contributed by atoms with Gasteiger partial charge in [-0.25, -0.2) is 0 Å². The maximum absolute atomic E-state index is 10.7. The van der Waals surface area contributed by atoms with Crippen molar-refractivity contribution in [3.05, 3.63) is 35.4 Å². The molecule has 0 saturated carbocycles.